The molecular weight excluding hydrogens is 290 g/mol. The summed E-state index contributed by atoms with van der Waals surface area (Å²) in [5.74, 6) is 0.181. The molecule has 0 saturated heterocycles. The molecule has 0 amide bonds. The third kappa shape index (κ3) is 2.86. The fourth-order valence-electron chi connectivity index (χ4n) is 2.95. The summed E-state index contributed by atoms with van der Waals surface area (Å²) in [7, 11) is 1.85. The van der Waals surface area contributed by atoms with E-state index in [4.69, 9.17) is 0 Å². The van der Waals surface area contributed by atoms with Gasteiger partial charge in [-0.2, -0.15) is 0 Å². The molecule has 1 heterocycles. The molecule has 1 aromatic carbocycles. The van der Waals surface area contributed by atoms with Crippen LogP contribution in [0.5, 0.6) is 0 Å². The highest BCUT2D eigenvalue weighted by molar-refractivity contribution is 5.96. The summed E-state index contributed by atoms with van der Waals surface area (Å²) in [6.45, 7) is 1.89. The standard InChI is InChI=1S/C18H21N3O2/c1-13-17(19-12-14-8-6-7-11-16(14)22)18(23)21(20(13)2)15-9-4-3-5-10-15/h3-5,9-10,12,19H,6-8,11H2,1-2H3/b14-12-. The van der Waals surface area contributed by atoms with Crippen molar-refractivity contribution in [2.45, 2.75) is 32.6 Å². The molecule has 23 heavy (non-hydrogen) atoms. The van der Waals surface area contributed by atoms with Gasteiger partial charge in [-0.15, -0.1) is 0 Å². The minimum atomic E-state index is -0.115. The van der Waals surface area contributed by atoms with Crippen LogP contribution in [0.15, 0.2) is 46.9 Å². The smallest absolute Gasteiger partial charge is 0.295 e. The Bertz CT molecular complexity index is 813. The Labute approximate surface area is 135 Å². The molecule has 1 aliphatic rings. The van der Waals surface area contributed by atoms with E-state index in [9.17, 15) is 9.59 Å². The first-order valence-corrected chi connectivity index (χ1v) is 7.92. The van der Waals surface area contributed by atoms with Crippen LogP contribution in [-0.4, -0.2) is 15.1 Å². The number of carbonyl (C=O) groups excluding carboxylic acids is 1. The van der Waals surface area contributed by atoms with Crippen molar-refractivity contribution in [1.82, 2.24) is 9.36 Å². The van der Waals surface area contributed by atoms with Crippen molar-refractivity contribution in [3.05, 3.63) is 58.2 Å². The van der Waals surface area contributed by atoms with E-state index in [0.29, 0.717) is 12.1 Å². The zero-order chi connectivity index (χ0) is 16.4. The van der Waals surface area contributed by atoms with Crippen molar-refractivity contribution >= 4 is 11.5 Å². The van der Waals surface area contributed by atoms with Crippen LogP contribution in [0.1, 0.15) is 31.4 Å². The van der Waals surface area contributed by atoms with Crippen molar-refractivity contribution in [3.63, 3.8) is 0 Å². The number of para-hydroxylation sites is 1. The van der Waals surface area contributed by atoms with Gasteiger partial charge in [-0.1, -0.05) is 18.2 Å². The van der Waals surface area contributed by atoms with Crippen LogP contribution in [0.2, 0.25) is 0 Å². The van der Waals surface area contributed by atoms with Crippen molar-refractivity contribution in [2.75, 3.05) is 5.32 Å². The largest absolute Gasteiger partial charge is 0.355 e. The SMILES string of the molecule is Cc1c(N/C=C2/CCCCC2=O)c(=O)n(-c2ccccc2)n1C. The van der Waals surface area contributed by atoms with Gasteiger partial charge < -0.3 is 5.32 Å². The molecule has 1 fully saturated rings. The normalized spacial score (nSPS) is 16.8. The molecule has 3 rings (SSSR count). The second-order valence-corrected chi connectivity index (χ2v) is 5.88. The lowest BCUT2D eigenvalue weighted by Gasteiger charge is -2.12. The van der Waals surface area contributed by atoms with Gasteiger partial charge in [0.15, 0.2) is 5.78 Å². The molecule has 0 atom stereocenters. The van der Waals surface area contributed by atoms with E-state index < -0.39 is 0 Å². The molecule has 1 aromatic heterocycles. The Hall–Kier alpha value is -2.56. The quantitative estimate of drug-likeness (QED) is 0.887. The summed E-state index contributed by atoms with van der Waals surface area (Å²) in [5, 5.41) is 3.08. The van der Waals surface area contributed by atoms with E-state index in [1.54, 1.807) is 10.9 Å². The van der Waals surface area contributed by atoms with E-state index in [0.717, 1.165) is 36.2 Å². The Morgan fingerprint density at radius 3 is 2.48 bits per heavy atom. The Morgan fingerprint density at radius 2 is 1.78 bits per heavy atom. The average Bonchev–Trinajstić information content (AvgIpc) is 2.78. The van der Waals surface area contributed by atoms with Crippen molar-refractivity contribution in [1.29, 1.82) is 0 Å². The van der Waals surface area contributed by atoms with Gasteiger partial charge in [0.2, 0.25) is 0 Å². The highest BCUT2D eigenvalue weighted by Crippen LogP contribution is 2.20. The fraction of sp³-hybridized carbons (Fsp3) is 0.333. The number of hydrogen-bond acceptors (Lipinski definition) is 3. The summed E-state index contributed by atoms with van der Waals surface area (Å²) in [5.41, 5.74) is 2.83. The van der Waals surface area contributed by atoms with Crippen molar-refractivity contribution < 1.29 is 4.79 Å². The number of allylic oxidation sites excluding steroid dienone is 1. The van der Waals surface area contributed by atoms with Crippen LogP contribution in [0.3, 0.4) is 0 Å². The first-order chi connectivity index (χ1) is 11.1. The Kier molecular flexibility index (Phi) is 4.19. The predicted molar refractivity (Wildman–Crippen MR) is 90.9 cm³/mol. The summed E-state index contributed by atoms with van der Waals surface area (Å²) in [4.78, 5) is 24.6. The molecule has 1 aliphatic carbocycles. The Morgan fingerprint density at radius 1 is 1.09 bits per heavy atom. The number of rotatable bonds is 3. The fourth-order valence-corrected chi connectivity index (χ4v) is 2.95. The molecular formula is C18H21N3O2. The number of hydrogen-bond donors (Lipinski definition) is 1. The number of ketones is 1. The van der Waals surface area contributed by atoms with E-state index in [1.807, 2.05) is 49.0 Å². The maximum atomic E-state index is 12.7. The van der Waals surface area contributed by atoms with E-state index in [2.05, 4.69) is 5.32 Å². The molecule has 0 radical (unpaired) electrons. The highest BCUT2D eigenvalue weighted by Gasteiger charge is 2.17. The Balaban J connectivity index is 1.97. The number of nitrogens with one attached hydrogen (secondary N) is 1. The molecule has 0 bridgehead atoms. The van der Waals surface area contributed by atoms with Crippen LogP contribution < -0.4 is 10.9 Å². The van der Waals surface area contributed by atoms with Crippen LogP contribution >= 0.6 is 0 Å². The highest BCUT2D eigenvalue weighted by atomic mass is 16.1. The lowest BCUT2D eigenvalue weighted by Crippen LogP contribution is -2.20. The first kappa shape index (κ1) is 15.3. The molecule has 5 heteroatoms. The summed E-state index contributed by atoms with van der Waals surface area (Å²) >= 11 is 0. The number of nitrogens with zero attached hydrogens (tertiary/aromatic N) is 2. The number of Topliss-reactive ketones (excluding diaryl/α,β-unsaturated/α-hetero) is 1. The number of carbonyl (C=O) groups is 1. The van der Waals surface area contributed by atoms with Gasteiger partial charge in [0.05, 0.1) is 11.4 Å². The molecule has 120 valence electrons. The van der Waals surface area contributed by atoms with Crippen LogP contribution in [0, 0.1) is 6.92 Å². The van der Waals surface area contributed by atoms with Crippen LogP contribution in [0.25, 0.3) is 5.69 Å². The molecule has 1 saturated carbocycles. The molecule has 0 spiro atoms. The average molecular weight is 311 g/mol. The molecule has 5 nitrogen and oxygen atoms in total. The second-order valence-electron chi connectivity index (χ2n) is 5.88. The molecule has 2 aromatic rings. The molecule has 0 aliphatic heterocycles. The van der Waals surface area contributed by atoms with Gasteiger partial charge in [-0.3, -0.25) is 14.3 Å². The van der Waals surface area contributed by atoms with Crippen molar-refractivity contribution in [3.8, 4) is 5.69 Å². The predicted octanol–water partition coefficient (Wildman–Crippen LogP) is 2.92. The topological polar surface area (TPSA) is 56.0 Å². The van der Waals surface area contributed by atoms with Gasteiger partial charge >= 0.3 is 0 Å². The van der Waals surface area contributed by atoms with E-state index in [-0.39, 0.29) is 11.3 Å². The van der Waals surface area contributed by atoms with Gasteiger partial charge in [-0.05, 0) is 38.3 Å². The van der Waals surface area contributed by atoms with Crippen molar-refractivity contribution in [2.24, 2.45) is 7.05 Å². The molecule has 0 unspecified atom stereocenters. The maximum absolute atomic E-state index is 12.7. The van der Waals surface area contributed by atoms with E-state index in [1.165, 1.54) is 0 Å². The third-order valence-corrected chi connectivity index (χ3v) is 4.40. The second kappa shape index (κ2) is 6.28. The monoisotopic (exact) mass is 311 g/mol. The zero-order valence-corrected chi connectivity index (χ0v) is 13.5. The third-order valence-electron chi connectivity index (χ3n) is 4.40. The lowest BCUT2D eigenvalue weighted by atomic mass is 9.94. The van der Waals surface area contributed by atoms with E-state index >= 15 is 0 Å². The van der Waals surface area contributed by atoms with Crippen LogP contribution in [0.4, 0.5) is 5.69 Å². The van der Waals surface area contributed by atoms with Gasteiger partial charge in [0, 0.05) is 25.2 Å². The summed E-state index contributed by atoms with van der Waals surface area (Å²) in [6.07, 6.45) is 5.09. The number of anilines is 1. The number of benzene rings is 1. The van der Waals surface area contributed by atoms with Crippen LogP contribution in [-0.2, 0) is 11.8 Å². The summed E-state index contributed by atoms with van der Waals surface area (Å²) < 4.78 is 3.44. The first-order valence-electron chi connectivity index (χ1n) is 7.92. The molecule has 1 N–H and O–H groups in total. The van der Waals surface area contributed by atoms with Gasteiger partial charge in [-0.25, -0.2) is 4.68 Å². The summed E-state index contributed by atoms with van der Waals surface area (Å²) in [6, 6.07) is 9.52. The zero-order valence-electron chi connectivity index (χ0n) is 13.5. The minimum absolute atomic E-state index is 0.115. The minimum Gasteiger partial charge on any atom is -0.355 e. The lowest BCUT2D eigenvalue weighted by molar-refractivity contribution is -0.116. The van der Waals surface area contributed by atoms with Gasteiger partial charge in [0.1, 0.15) is 5.69 Å². The maximum Gasteiger partial charge on any atom is 0.295 e. The number of aromatic nitrogens is 2. The van der Waals surface area contributed by atoms with Gasteiger partial charge in [0.25, 0.3) is 5.56 Å².